The van der Waals surface area contributed by atoms with Crippen LogP contribution in [0.3, 0.4) is 0 Å². The summed E-state index contributed by atoms with van der Waals surface area (Å²) in [7, 11) is 1.41. The zero-order valence-corrected chi connectivity index (χ0v) is 19.5. The van der Waals surface area contributed by atoms with E-state index in [-0.39, 0.29) is 46.4 Å². The van der Waals surface area contributed by atoms with Crippen molar-refractivity contribution in [3.63, 3.8) is 0 Å². The Kier molecular flexibility index (Phi) is 7.19. The maximum atomic E-state index is 14.5. The first-order valence-corrected chi connectivity index (χ1v) is 11.6. The molecule has 0 bridgehead atoms. The third-order valence-electron chi connectivity index (χ3n) is 6.50. The zero-order valence-electron chi connectivity index (χ0n) is 18.8. The molecule has 2 aromatic heterocycles. The molecule has 0 amide bonds. The van der Waals surface area contributed by atoms with E-state index < -0.39 is 28.9 Å². The number of aromatic carboxylic acids is 1. The fourth-order valence-corrected chi connectivity index (χ4v) is 4.88. The number of pyridine rings is 2. The molecule has 0 aliphatic heterocycles. The number of benzene rings is 1. The van der Waals surface area contributed by atoms with Gasteiger partial charge in [0.25, 0.3) is 0 Å². The summed E-state index contributed by atoms with van der Waals surface area (Å²) >= 11 is 5.90. The number of nitrogens with zero attached hydrogens (tertiary/aromatic N) is 2. The first kappa shape index (κ1) is 24.2. The van der Waals surface area contributed by atoms with Crippen LogP contribution in [0.5, 0.6) is 5.88 Å². The first-order chi connectivity index (χ1) is 16.3. The molecule has 1 atom stereocenters. The second kappa shape index (κ2) is 10.1. The van der Waals surface area contributed by atoms with Gasteiger partial charge in [0, 0.05) is 18.2 Å². The Balaban J connectivity index is 1.83. The Labute approximate surface area is 200 Å². The molecule has 1 aliphatic carbocycles. The van der Waals surface area contributed by atoms with Crippen LogP contribution in [0.15, 0.2) is 35.3 Å². The normalized spacial score (nSPS) is 15.4. The van der Waals surface area contributed by atoms with Crippen LogP contribution in [-0.4, -0.2) is 38.9 Å². The van der Waals surface area contributed by atoms with Crippen molar-refractivity contribution in [2.75, 3.05) is 7.11 Å². The number of ether oxygens (including phenoxy) is 1. The molecule has 0 spiro atoms. The van der Waals surface area contributed by atoms with Gasteiger partial charge in [-0.2, -0.15) is 4.98 Å². The summed E-state index contributed by atoms with van der Waals surface area (Å²) in [5.74, 6) is -1.68. The van der Waals surface area contributed by atoms with Gasteiger partial charge in [-0.25, -0.2) is 9.18 Å². The average molecular weight is 489 g/mol. The summed E-state index contributed by atoms with van der Waals surface area (Å²) < 4.78 is 21.4. The van der Waals surface area contributed by atoms with Gasteiger partial charge in [0.05, 0.1) is 30.2 Å². The molecule has 34 heavy (non-hydrogen) atoms. The minimum absolute atomic E-state index is 0.0302. The third-order valence-corrected chi connectivity index (χ3v) is 6.79. The molecule has 7 nitrogen and oxygen atoms in total. The van der Waals surface area contributed by atoms with E-state index in [4.69, 9.17) is 16.3 Å². The van der Waals surface area contributed by atoms with Gasteiger partial charge in [-0.1, -0.05) is 43.0 Å². The van der Waals surface area contributed by atoms with Gasteiger partial charge in [0.15, 0.2) is 0 Å². The highest BCUT2D eigenvalue weighted by Crippen LogP contribution is 2.29. The predicted octanol–water partition coefficient (Wildman–Crippen LogP) is 4.43. The summed E-state index contributed by atoms with van der Waals surface area (Å²) in [5.41, 5.74) is -0.217. The van der Waals surface area contributed by atoms with Crippen LogP contribution in [0.25, 0.3) is 11.0 Å². The highest BCUT2D eigenvalue weighted by Gasteiger charge is 2.25. The third kappa shape index (κ3) is 4.79. The summed E-state index contributed by atoms with van der Waals surface area (Å²) in [6.45, 7) is 0.0974. The van der Waals surface area contributed by atoms with Gasteiger partial charge in [0.1, 0.15) is 17.0 Å². The van der Waals surface area contributed by atoms with Crippen molar-refractivity contribution in [3.8, 4) is 5.88 Å². The van der Waals surface area contributed by atoms with E-state index in [1.54, 1.807) is 12.1 Å². The first-order valence-electron chi connectivity index (χ1n) is 11.3. The average Bonchev–Trinajstić information content (AvgIpc) is 2.83. The quantitative estimate of drug-likeness (QED) is 0.510. The van der Waals surface area contributed by atoms with Crippen molar-refractivity contribution in [1.29, 1.82) is 0 Å². The van der Waals surface area contributed by atoms with Crippen LogP contribution in [0.1, 0.15) is 53.6 Å². The smallest absolute Gasteiger partial charge is 0.341 e. The molecule has 1 saturated carbocycles. The number of aliphatic hydroxyl groups is 1. The van der Waals surface area contributed by atoms with Gasteiger partial charge >= 0.3 is 5.97 Å². The number of aliphatic hydroxyl groups excluding tert-OH is 1. The number of fused-ring (bicyclic) bond motifs is 1. The van der Waals surface area contributed by atoms with Gasteiger partial charge in [-0.05, 0) is 36.5 Å². The van der Waals surface area contributed by atoms with Crippen molar-refractivity contribution in [3.05, 3.63) is 68.2 Å². The van der Waals surface area contributed by atoms with E-state index in [1.807, 2.05) is 0 Å². The predicted molar refractivity (Wildman–Crippen MR) is 126 cm³/mol. The number of carboxylic acids is 1. The number of carbonyl (C=O) groups is 1. The molecule has 0 saturated heterocycles. The van der Waals surface area contributed by atoms with Crippen molar-refractivity contribution in [1.82, 2.24) is 9.55 Å². The number of methoxy groups -OCH3 is 1. The lowest BCUT2D eigenvalue weighted by molar-refractivity contribution is 0.0673. The molecule has 1 aromatic carbocycles. The van der Waals surface area contributed by atoms with Crippen molar-refractivity contribution >= 4 is 28.6 Å². The molecule has 4 rings (SSSR count). The van der Waals surface area contributed by atoms with E-state index in [2.05, 4.69) is 4.98 Å². The molecule has 2 N–H and O–H groups in total. The van der Waals surface area contributed by atoms with Crippen LogP contribution in [0, 0.1) is 11.7 Å². The van der Waals surface area contributed by atoms with Crippen molar-refractivity contribution in [2.45, 2.75) is 51.2 Å². The monoisotopic (exact) mass is 488 g/mol. The second-order valence-corrected chi connectivity index (χ2v) is 9.12. The van der Waals surface area contributed by atoms with Crippen LogP contribution in [-0.2, 0) is 13.0 Å². The Morgan fingerprint density at radius 2 is 2.03 bits per heavy atom. The van der Waals surface area contributed by atoms with E-state index in [0.717, 1.165) is 32.1 Å². The SMILES string of the molecule is COc1nc2c(cc1Cc1cccc(Cl)c1F)c(=O)c(C(=O)O)cn2CC(O)C1CCCCC1. The lowest BCUT2D eigenvalue weighted by atomic mass is 9.85. The van der Waals surface area contributed by atoms with Gasteiger partial charge in [-0.3, -0.25) is 4.79 Å². The lowest BCUT2D eigenvalue weighted by Crippen LogP contribution is -2.29. The number of hydrogen-bond donors (Lipinski definition) is 2. The molecule has 1 fully saturated rings. The standard InChI is InChI=1S/C25H26ClFN2O5/c1-34-24-16(10-15-8-5-9-19(26)21(15)27)11-17-22(31)18(25(32)33)12-29(23(17)28-24)13-20(30)14-6-3-2-4-7-14/h5,8-9,11-12,14,20,30H,2-4,6-7,10,13H2,1H3,(H,32,33). The summed E-state index contributed by atoms with van der Waals surface area (Å²) in [6, 6.07) is 6.10. The zero-order chi connectivity index (χ0) is 24.4. The maximum absolute atomic E-state index is 14.5. The van der Waals surface area contributed by atoms with E-state index >= 15 is 0 Å². The molecule has 9 heteroatoms. The van der Waals surface area contributed by atoms with Crippen LogP contribution in [0.2, 0.25) is 5.02 Å². The summed E-state index contributed by atoms with van der Waals surface area (Å²) in [5, 5.41) is 20.5. The maximum Gasteiger partial charge on any atom is 0.341 e. The van der Waals surface area contributed by atoms with Crippen LogP contribution in [0.4, 0.5) is 4.39 Å². The van der Waals surface area contributed by atoms with E-state index in [1.165, 1.54) is 30.0 Å². The lowest BCUT2D eigenvalue weighted by Gasteiger charge is -2.27. The number of hydrogen-bond acceptors (Lipinski definition) is 5. The van der Waals surface area contributed by atoms with Crippen LogP contribution < -0.4 is 10.2 Å². The number of halogens is 2. The minimum Gasteiger partial charge on any atom is -0.481 e. The molecular weight excluding hydrogens is 463 g/mol. The largest absolute Gasteiger partial charge is 0.481 e. The molecular formula is C25H26ClFN2O5. The number of rotatable bonds is 7. The fraction of sp³-hybridized carbons (Fsp3) is 0.400. The fourth-order valence-electron chi connectivity index (χ4n) is 4.69. The van der Waals surface area contributed by atoms with Gasteiger partial charge in [-0.15, -0.1) is 0 Å². The Morgan fingerprint density at radius 3 is 2.71 bits per heavy atom. The van der Waals surface area contributed by atoms with Crippen molar-refractivity contribution < 1.29 is 24.1 Å². The Hall–Kier alpha value is -2.97. The Morgan fingerprint density at radius 1 is 1.29 bits per heavy atom. The highest BCUT2D eigenvalue weighted by molar-refractivity contribution is 6.30. The topological polar surface area (TPSA) is 102 Å². The van der Waals surface area contributed by atoms with Crippen LogP contribution >= 0.6 is 11.6 Å². The molecule has 3 aromatic rings. The Bertz CT molecular complexity index is 1290. The number of aromatic nitrogens is 2. The van der Waals surface area contributed by atoms with Gasteiger partial charge < -0.3 is 19.5 Å². The van der Waals surface area contributed by atoms with E-state index in [9.17, 15) is 24.2 Å². The van der Waals surface area contributed by atoms with Gasteiger partial charge in [0.2, 0.25) is 11.3 Å². The second-order valence-electron chi connectivity index (χ2n) is 8.71. The molecule has 2 heterocycles. The molecule has 1 aliphatic rings. The summed E-state index contributed by atoms with van der Waals surface area (Å²) in [6.07, 6.45) is 5.59. The highest BCUT2D eigenvalue weighted by atomic mass is 35.5. The molecule has 180 valence electrons. The van der Waals surface area contributed by atoms with Crippen molar-refractivity contribution in [2.24, 2.45) is 5.92 Å². The number of carboxylic acid groups (broad SMARTS) is 1. The molecule has 1 unspecified atom stereocenters. The van der Waals surface area contributed by atoms with E-state index in [0.29, 0.717) is 5.56 Å². The summed E-state index contributed by atoms with van der Waals surface area (Å²) in [4.78, 5) is 29.3. The minimum atomic E-state index is -1.37. The molecule has 0 radical (unpaired) electrons.